The van der Waals surface area contributed by atoms with E-state index in [2.05, 4.69) is 66.0 Å². The van der Waals surface area contributed by atoms with Gasteiger partial charge in [-0.05, 0) is 55.8 Å². The van der Waals surface area contributed by atoms with Gasteiger partial charge in [0.15, 0.2) is 5.82 Å². The summed E-state index contributed by atoms with van der Waals surface area (Å²) < 4.78 is 2.12. The van der Waals surface area contributed by atoms with Gasteiger partial charge in [0.2, 0.25) is 0 Å². The van der Waals surface area contributed by atoms with Crippen LogP contribution in [0.25, 0.3) is 21.5 Å². The van der Waals surface area contributed by atoms with Crippen molar-refractivity contribution in [3.05, 3.63) is 77.0 Å². The van der Waals surface area contributed by atoms with E-state index in [0.717, 1.165) is 22.0 Å². The summed E-state index contributed by atoms with van der Waals surface area (Å²) in [5, 5.41) is 24.1. The van der Waals surface area contributed by atoms with Gasteiger partial charge < -0.3 is 4.57 Å². The van der Waals surface area contributed by atoms with Crippen LogP contribution >= 0.6 is 0 Å². The molecule has 0 atom stereocenters. The van der Waals surface area contributed by atoms with E-state index in [9.17, 15) is 10.1 Å². The third-order valence-corrected chi connectivity index (χ3v) is 4.70. The van der Waals surface area contributed by atoms with Gasteiger partial charge in [-0.25, -0.2) is 0 Å². The predicted octanol–water partition coefficient (Wildman–Crippen LogP) is 6.87. The second kappa shape index (κ2) is 6.56. The van der Waals surface area contributed by atoms with E-state index in [1.807, 2.05) is 12.1 Å². The number of nitrogens with zero attached hydrogens (tertiary/aromatic N) is 4. The number of aromatic nitrogens is 1. The fourth-order valence-electron chi connectivity index (χ4n) is 3.25. The van der Waals surface area contributed by atoms with Gasteiger partial charge in [0.25, 0.3) is 5.69 Å². The summed E-state index contributed by atoms with van der Waals surface area (Å²) in [7, 11) is 0. The Morgan fingerprint density at radius 1 is 0.893 bits per heavy atom. The first-order valence-electron chi connectivity index (χ1n) is 9.03. The SMILES string of the molecule is CC(C)(C)n1cc2cc3ccccc3cc2c1N=Nc1ccc([N+](=O)[O-])cc1. The molecule has 4 aromatic rings. The molecule has 0 spiro atoms. The summed E-state index contributed by atoms with van der Waals surface area (Å²) in [4.78, 5) is 10.4. The Bertz CT molecular complexity index is 1220. The van der Waals surface area contributed by atoms with E-state index in [4.69, 9.17) is 0 Å². The molecule has 0 unspecified atom stereocenters. The molecule has 0 radical (unpaired) electrons. The molecular weight excluding hydrogens is 352 g/mol. The van der Waals surface area contributed by atoms with Crippen LogP contribution in [0.4, 0.5) is 17.2 Å². The topological polar surface area (TPSA) is 72.8 Å². The van der Waals surface area contributed by atoms with Gasteiger partial charge in [0.05, 0.1) is 10.6 Å². The first-order chi connectivity index (χ1) is 13.3. The maximum Gasteiger partial charge on any atom is 0.269 e. The summed E-state index contributed by atoms with van der Waals surface area (Å²) in [6, 6.07) is 18.6. The van der Waals surface area contributed by atoms with Gasteiger partial charge in [0.1, 0.15) is 0 Å². The highest BCUT2D eigenvalue weighted by Crippen LogP contribution is 2.37. The highest BCUT2D eigenvalue weighted by Gasteiger charge is 2.20. The smallest absolute Gasteiger partial charge is 0.269 e. The van der Waals surface area contributed by atoms with Crippen molar-refractivity contribution in [2.45, 2.75) is 26.3 Å². The normalized spacial score (nSPS) is 12.2. The largest absolute Gasteiger partial charge is 0.325 e. The second-order valence-corrected chi connectivity index (χ2v) is 7.75. The fraction of sp³-hybridized carbons (Fsp3) is 0.182. The van der Waals surface area contributed by atoms with Crippen LogP contribution in [0.2, 0.25) is 0 Å². The lowest BCUT2D eigenvalue weighted by atomic mass is 10.1. The zero-order valence-electron chi connectivity index (χ0n) is 16.0. The van der Waals surface area contributed by atoms with Crippen molar-refractivity contribution in [1.29, 1.82) is 0 Å². The zero-order chi connectivity index (χ0) is 19.9. The molecule has 6 heteroatoms. The molecule has 28 heavy (non-hydrogen) atoms. The van der Waals surface area contributed by atoms with Crippen molar-refractivity contribution in [1.82, 2.24) is 4.57 Å². The number of nitro groups is 1. The number of hydrogen-bond donors (Lipinski definition) is 0. The van der Waals surface area contributed by atoms with Crippen LogP contribution in [-0.4, -0.2) is 9.49 Å². The molecule has 3 aromatic carbocycles. The van der Waals surface area contributed by atoms with E-state index in [0.29, 0.717) is 5.69 Å². The molecule has 6 nitrogen and oxygen atoms in total. The van der Waals surface area contributed by atoms with E-state index >= 15 is 0 Å². The minimum Gasteiger partial charge on any atom is -0.325 e. The quantitative estimate of drug-likeness (QED) is 0.223. The van der Waals surface area contributed by atoms with Crippen LogP contribution in [-0.2, 0) is 5.54 Å². The number of fused-ring (bicyclic) bond motifs is 2. The number of rotatable bonds is 3. The van der Waals surface area contributed by atoms with E-state index < -0.39 is 4.92 Å². The Morgan fingerprint density at radius 2 is 1.54 bits per heavy atom. The maximum atomic E-state index is 10.8. The highest BCUT2D eigenvalue weighted by atomic mass is 16.6. The third-order valence-electron chi connectivity index (χ3n) is 4.70. The number of benzene rings is 3. The molecule has 0 amide bonds. The van der Waals surface area contributed by atoms with Gasteiger partial charge in [-0.15, -0.1) is 10.2 Å². The average Bonchev–Trinajstić information content (AvgIpc) is 3.02. The van der Waals surface area contributed by atoms with Crippen molar-refractivity contribution < 1.29 is 4.92 Å². The number of nitro benzene ring substituents is 1. The lowest BCUT2D eigenvalue weighted by molar-refractivity contribution is -0.384. The van der Waals surface area contributed by atoms with Gasteiger partial charge >= 0.3 is 0 Å². The minimum absolute atomic E-state index is 0.0361. The van der Waals surface area contributed by atoms with Gasteiger partial charge in [-0.2, -0.15) is 0 Å². The maximum absolute atomic E-state index is 10.8. The van der Waals surface area contributed by atoms with Crippen molar-refractivity contribution in [3.63, 3.8) is 0 Å². The molecule has 1 heterocycles. The molecule has 0 aliphatic carbocycles. The Morgan fingerprint density at radius 3 is 2.14 bits per heavy atom. The van der Waals surface area contributed by atoms with Crippen molar-refractivity contribution in [2.24, 2.45) is 10.2 Å². The van der Waals surface area contributed by atoms with Gasteiger partial charge in [-0.3, -0.25) is 10.1 Å². The Hall–Kier alpha value is -3.54. The molecule has 0 N–H and O–H groups in total. The Labute approximate surface area is 162 Å². The van der Waals surface area contributed by atoms with E-state index in [-0.39, 0.29) is 11.2 Å². The Balaban J connectivity index is 1.85. The van der Waals surface area contributed by atoms with E-state index in [1.54, 1.807) is 12.1 Å². The van der Waals surface area contributed by atoms with Crippen molar-refractivity contribution in [3.8, 4) is 0 Å². The number of non-ortho nitro benzene ring substituents is 1. The molecule has 0 fully saturated rings. The summed E-state index contributed by atoms with van der Waals surface area (Å²) in [6.07, 6.45) is 2.10. The monoisotopic (exact) mass is 372 g/mol. The lowest BCUT2D eigenvalue weighted by Gasteiger charge is -2.22. The summed E-state index contributed by atoms with van der Waals surface area (Å²) in [6.45, 7) is 6.36. The summed E-state index contributed by atoms with van der Waals surface area (Å²) in [5.41, 5.74) is 0.435. The average molecular weight is 372 g/mol. The van der Waals surface area contributed by atoms with Crippen LogP contribution in [0.15, 0.2) is 77.1 Å². The summed E-state index contributed by atoms with van der Waals surface area (Å²) in [5.74, 6) is 0.770. The molecule has 0 aliphatic rings. The van der Waals surface area contributed by atoms with Crippen LogP contribution in [0, 0.1) is 10.1 Å². The van der Waals surface area contributed by atoms with Crippen LogP contribution in [0.5, 0.6) is 0 Å². The first-order valence-corrected chi connectivity index (χ1v) is 9.03. The lowest BCUT2D eigenvalue weighted by Crippen LogP contribution is -2.20. The van der Waals surface area contributed by atoms with Crippen LogP contribution in [0.3, 0.4) is 0 Å². The molecule has 0 saturated heterocycles. The highest BCUT2D eigenvalue weighted by molar-refractivity contribution is 6.03. The van der Waals surface area contributed by atoms with Crippen LogP contribution in [0.1, 0.15) is 20.8 Å². The van der Waals surface area contributed by atoms with Crippen LogP contribution < -0.4 is 0 Å². The molecule has 1 aromatic heterocycles. The Kier molecular flexibility index (Phi) is 4.19. The molecule has 140 valence electrons. The van der Waals surface area contributed by atoms with Gasteiger partial charge in [-0.1, -0.05) is 24.3 Å². The standard InChI is InChI=1S/C22H20N4O2/c1-22(2,3)25-14-17-12-15-6-4-5-7-16(15)13-20(17)21(25)24-23-18-8-10-19(11-9-18)26(27)28/h4-14H,1-3H3. The van der Waals surface area contributed by atoms with Crippen molar-refractivity contribution >= 4 is 38.7 Å². The zero-order valence-corrected chi connectivity index (χ0v) is 16.0. The van der Waals surface area contributed by atoms with Gasteiger partial charge in [0, 0.05) is 34.6 Å². The van der Waals surface area contributed by atoms with E-state index in [1.165, 1.54) is 17.5 Å². The predicted molar refractivity (Wildman–Crippen MR) is 112 cm³/mol. The molecule has 0 bridgehead atoms. The van der Waals surface area contributed by atoms with Crippen molar-refractivity contribution in [2.75, 3.05) is 0 Å². The fourth-order valence-corrected chi connectivity index (χ4v) is 3.25. The molecular formula is C22H20N4O2. The molecule has 4 rings (SSSR count). The molecule has 0 aliphatic heterocycles. The first kappa shape index (κ1) is 17.9. The number of azo groups is 1. The summed E-state index contributed by atoms with van der Waals surface area (Å²) >= 11 is 0. The third kappa shape index (κ3) is 3.24. The molecule has 0 saturated carbocycles. The number of hydrogen-bond acceptors (Lipinski definition) is 4. The minimum atomic E-state index is -0.426. The second-order valence-electron chi connectivity index (χ2n) is 7.75.